The van der Waals surface area contributed by atoms with Gasteiger partial charge < -0.3 is 5.11 Å². The van der Waals surface area contributed by atoms with Crippen molar-refractivity contribution in [2.45, 2.75) is 0 Å². The molecule has 0 aliphatic carbocycles. The highest BCUT2D eigenvalue weighted by Crippen LogP contribution is 2.34. The normalized spacial score (nSPS) is 10.4. The van der Waals surface area contributed by atoms with Crippen LogP contribution < -0.4 is 0 Å². The van der Waals surface area contributed by atoms with Gasteiger partial charge in [0.15, 0.2) is 0 Å². The van der Waals surface area contributed by atoms with Crippen LogP contribution in [0.5, 0.6) is 0 Å². The molecule has 0 saturated heterocycles. The Morgan fingerprint density at radius 2 is 2.00 bits per heavy atom. The molecule has 1 aromatic heterocycles. The minimum Gasteiger partial charge on any atom is -0.478 e. The summed E-state index contributed by atoms with van der Waals surface area (Å²) in [5.41, 5.74) is 0.400. The summed E-state index contributed by atoms with van der Waals surface area (Å²) in [5.74, 6) is -2.13. The molecule has 0 amide bonds. The molecule has 0 aliphatic heterocycles. The zero-order valence-corrected chi connectivity index (χ0v) is 10.3. The van der Waals surface area contributed by atoms with Crippen molar-refractivity contribution in [2.75, 3.05) is 0 Å². The first-order valence-corrected chi connectivity index (χ1v) is 5.59. The average Bonchev–Trinajstić information content (AvgIpc) is 2.33. The standard InChI is InChI=1S/C12H6Cl2FNO2/c13-9-3-1-2-6(11(9)14)8-5-16-10(15)4-7(8)12(17)18/h1-5H,(H,17,18). The number of halogens is 3. The van der Waals surface area contributed by atoms with Gasteiger partial charge in [-0.05, 0) is 6.07 Å². The number of nitrogens with zero attached hydrogens (tertiary/aromatic N) is 1. The highest BCUT2D eigenvalue weighted by molar-refractivity contribution is 6.43. The molecule has 2 rings (SSSR count). The van der Waals surface area contributed by atoms with Crippen LogP contribution in [0.2, 0.25) is 10.0 Å². The maximum absolute atomic E-state index is 13.0. The van der Waals surface area contributed by atoms with Crippen molar-refractivity contribution < 1.29 is 14.3 Å². The van der Waals surface area contributed by atoms with Crippen LogP contribution in [0, 0.1) is 5.95 Å². The Morgan fingerprint density at radius 1 is 1.28 bits per heavy atom. The van der Waals surface area contributed by atoms with Crippen LogP contribution in [0.15, 0.2) is 30.5 Å². The lowest BCUT2D eigenvalue weighted by Crippen LogP contribution is -2.02. The molecule has 1 aromatic carbocycles. The van der Waals surface area contributed by atoms with Crippen LogP contribution in [0.3, 0.4) is 0 Å². The molecule has 1 heterocycles. The molecule has 2 aromatic rings. The molecule has 92 valence electrons. The zero-order valence-electron chi connectivity index (χ0n) is 8.82. The van der Waals surface area contributed by atoms with E-state index in [9.17, 15) is 9.18 Å². The third-order valence-electron chi connectivity index (χ3n) is 2.34. The number of rotatable bonds is 2. The summed E-state index contributed by atoms with van der Waals surface area (Å²) in [6.07, 6.45) is 1.12. The van der Waals surface area contributed by atoms with E-state index in [2.05, 4.69) is 4.98 Å². The van der Waals surface area contributed by atoms with E-state index in [0.717, 1.165) is 12.3 Å². The highest BCUT2D eigenvalue weighted by atomic mass is 35.5. The lowest BCUT2D eigenvalue weighted by molar-refractivity contribution is 0.0697. The van der Waals surface area contributed by atoms with Crippen LogP contribution in [0.4, 0.5) is 4.39 Å². The molecular weight excluding hydrogens is 280 g/mol. The maximum atomic E-state index is 13.0. The molecule has 0 bridgehead atoms. The van der Waals surface area contributed by atoms with Crippen LogP contribution in [-0.4, -0.2) is 16.1 Å². The van der Waals surface area contributed by atoms with Gasteiger partial charge in [-0.1, -0.05) is 35.3 Å². The van der Waals surface area contributed by atoms with Gasteiger partial charge in [0.2, 0.25) is 5.95 Å². The monoisotopic (exact) mass is 285 g/mol. The Balaban J connectivity index is 2.71. The zero-order chi connectivity index (χ0) is 13.3. The van der Waals surface area contributed by atoms with Crippen molar-refractivity contribution in [2.24, 2.45) is 0 Å². The average molecular weight is 286 g/mol. The fourth-order valence-electron chi connectivity index (χ4n) is 1.53. The van der Waals surface area contributed by atoms with Gasteiger partial charge in [-0.3, -0.25) is 0 Å². The fourth-order valence-corrected chi connectivity index (χ4v) is 1.94. The second kappa shape index (κ2) is 4.92. The highest BCUT2D eigenvalue weighted by Gasteiger charge is 2.16. The van der Waals surface area contributed by atoms with Gasteiger partial charge in [0.1, 0.15) is 0 Å². The van der Waals surface area contributed by atoms with Gasteiger partial charge in [-0.25, -0.2) is 9.78 Å². The molecule has 0 radical (unpaired) electrons. The van der Waals surface area contributed by atoms with Crippen molar-refractivity contribution in [1.82, 2.24) is 4.98 Å². The number of pyridine rings is 1. The summed E-state index contributed by atoms with van der Waals surface area (Å²) >= 11 is 11.9. The predicted molar refractivity (Wildman–Crippen MR) is 66.6 cm³/mol. The molecule has 18 heavy (non-hydrogen) atoms. The van der Waals surface area contributed by atoms with Crippen LogP contribution in [-0.2, 0) is 0 Å². The van der Waals surface area contributed by atoms with Crippen LogP contribution >= 0.6 is 23.2 Å². The summed E-state index contributed by atoms with van der Waals surface area (Å²) in [7, 11) is 0. The van der Waals surface area contributed by atoms with E-state index in [-0.39, 0.29) is 21.2 Å². The Morgan fingerprint density at radius 3 is 2.67 bits per heavy atom. The van der Waals surface area contributed by atoms with Crippen LogP contribution in [0.25, 0.3) is 11.1 Å². The van der Waals surface area contributed by atoms with E-state index in [1.807, 2.05) is 0 Å². The first-order chi connectivity index (χ1) is 8.50. The minimum atomic E-state index is -1.26. The van der Waals surface area contributed by atoms with Crippen LogP contribution in [0.1, 0.15) is 10.4 Å². The molecule has 0 fully saturated rings. The van der Waals surface area contributed by atoms with E-state index in [4.69, 9.17) is 28.3 Å². The van der Waals surface area contributed by atoms with Crippen molar-refractivity contribution in [3.8, 4) is 11.1 Å². The number of hydrogen-bond donors (Lipinski definition) is 1. The van der Waals surface area contributed by atoms with E-state index in [1.54, 1.807) is 18.2 Å². The van der Waals surface area contributed by atoms with Gasteiger partial charge in [0.25, 0.3) is 0 Å². The predicted octanol–water partition coefficient (Wildman–Crippen LogP) is 3.89. The van der Waals surface area contributed by atoms with Gasteiger partial charge in [-0.15, -0.1) is 0 Å². The molecule has 0 unspecified atom stereocenters. The fraction of sp³-hybridized carbons (Fsp3) is 0. The third kappa shape index (κ3) is 2.30. The molecule has 0 saturated carbocycles. The lowest BCUT2D eigenvalue weighted by atomic mass is 10.0. The van der Waals surface area contributed by atoms with Crippen molar-refractivity contribution in [1.29, 1.82) is 0 Å². The second-order valence-corrected chi connectivity index (χ2v) is 4.24. The Bertz CT molecular complexity index is 631. The Hall–Kier alpha value is -1.65. The number of benzene rings is 1. The summed E-state index contributed by atoms with van der Waals surface area (Å²) in [4.78, 5) is 14.5. The van der Waals surface area contributed by atoms with Gasteiger partial charge in [-0.2, -0.15) is 4.39 Å². The lowest BCUT2D eigenvalue weighted by Gasteiger charge is -2.08. The quantitative estimate of drug-likeness (QED) is 0.852. The number of hydrogen-bond acceptors (Lipinski definition) is 2. The Kier molecular flexibility index (Phi) is 3.50. The number of carboxylic acid groups (broad SMARTS) is 1. The van der Waals surface area contributed by atoms with E-state index >= 15 is 0 Å². The molecule has 6 heteroatoms. The summed E-state index contributed by atoms with van der Waals surface area (Å²) in [6.45, 7) is 0. The molecule has 0 atom stereocenters. The second-order valence-electron chi connectivity index (χ2n) is 3.46. The van der Waals surface area contributed by atoms with Gasteiger partial charge in [0.05, 0.1) is 15.6 Å². The topological polar surface area (TPSA) is 50.2 Å². The first-order valence-electron chi connectivity index (χ1n) is 4.84. The minimum absolute atomic E-state index is 0.204. The van der Waals surface area contributed by atoms with Gasteiger partial charge in [0, 0.05) is 23.4 Å². The largest absolute Gasteiger partial charge is 0.478 e. The number of aromatic nitrogens is 1. The number of aromatic carboxylic acids is 1. The number of carboxylic acids is 1. The third-order valence-corrected chi connectivity index (χ3v) is 3.16. The molecule has 0 aliphatic rings. The smallest absolute Gasteiger partial charge is 0.336 e. The Labute approximate surface area is 112 Å². The summed E-state index contributed by atoms with van der Waals surface area (Å²) in [5, 5.41) is 9.53. The first kappa shape index (κ1) is 12.8. The molecule has 1 N–H and O–H groups in total. The molecule has 0 spiro atoms. The van der Waals surface area contributed by atoms with E-state index < -0.39 is 11.9 Å². The van der Waals surface area contributed by atoms with E-state index in [1.165, 1.54) is 0 Å². The number of carbonyl (C=O) groups is 1. The molecular formula is C12H6Cl2FNO2. The van der Waals surface area contributed by atoms with Crippen molar-refractivity contribution in [3.63, 3.8) is 0 Å². The summed E-state index contributed by atoms with van der Waals surface area (Å²) in [6, 6.07) is 5.63. The molecule has 3 nitrogen and oxygen atoms in total. The SMILES string of the molecule is O=C(O)c1cc(F)ncc1-c1cccc(Cl)c1Cl. The van der Waals surface area contributed by atoms with Gasteiger partial charge >= 0.3 is 5.97 Å². The van der Waals surface area contributed by atoms with Crippen molar-refractivity contribution in [3.05, 3.63) is 52.0 Å². The van der Waals surface area contributed by atoms with Crippen molar-refractivity contribution >= 4 is 29.2 Å². The maximum Gasteiger partial charge on any atom is 0.336 e. The summed E-state index contributed by atoms with van der Waals surface area (Å²) < 4.78 is 13.0. The van der Waals surface area contributed by atoms with E-state index in [0.29, 0.717) is 5.56 Å².